The van der Waals surface area contributed by atoms with Crippen molar-refractivity contribution in [2.75, 3.05) is 14.2 Å². The van der Waals surface area contributed by atoms with E-state index in [1.54, 1.807) is 14.2 Å². The van der Waals surface area contributed by atoms with E-state index in [9.17, 15) is 4.79 Å². The molecule has 0 aliphatic rings. The highest BCUT2D eigenvalue weighted by Gasteiger charge is 2.12. The minimum absolute atomic E-state index is 0.216. The molecule has 0 atom stereocenters. The first-order valence-electron chi connectivity index (χ1n) is 6.95. The number of ether oxygens (including phenoxy) is 2. The SMILES string of the molecule is COc1ccc2c(OC)cc(CCC(=O)C=[N+]=[N-])c(C)c2c1. The highest BCUT2D eigenvalue weighted by atomic mass is 16.5. The maximum Gasteiger partial charge on any atom is 0.323 e. The van der Waals surface area contributed by atoms with E-state index in [0.29, 0.717) is 6.42 Å². The number of carbonyl (C=O) groups is 1. The Morgan fingerprint density at radius 1 is 1.23 bits per heavy atom. The number of nitrogens with zero attached hydrogens (tertiary/aromatic N) is 2. The number of ketones is 1. The Morgan fingerprint density at radius 3 is 2.64 bits per heavy atom. The second-order valence-electron chi connectivity index (χ2n) is 4.99. The van der Waals surface area contributed by atoms with Crippen molar-refractivity contribution in [3.05, 3.63) is 40.9 Å². The average molecular weight is 298 g/mol. The topological polar surface area (TPSA) is 71.9 Å². The molecule has 0 N–H and O–H groups in total. The minimum Gasteiger partial charge on any atom is -0.497 e. The van der Waals surface area contributed by atoms with Crippen molar-refractivity contribution in [1.82, 2.24) is 0 Å². The smallest absolute Gasteiger partial charge is 0.323 e. The predicted molar refractivity (Wildman–Crippen MR) is 84.8 cm³/mol. The summed E-state index contributed by atoms with van der Waals surface area (Å²) in [6, 6.07) is 7.78. The molecule has 2 rings (SSSR count). The molecule has 0 fully saturated rings. The van der Waals surface area contributed by atoms with E-state index in [2.05, 4.69) is 4.79 Å². The van der Waals surface area contributed by atoms with Crippen LogP contribution in [0.25, 0.3) is 16.3 Å². The largest absolute Gasteiger partial charge is 0.497 e. The number of methoxy groups -OCH3 is 2. The number of Topliss-reactive ketones (excluding diaryl/α,β-unsaturated/α-hetero) is 1. The van der Waals surface area contributed by atoms with Gasteiger partial charge in [0.05, 0.1) is 14.2 Å². The quantitative estimate of drug-likeness (QED) is 0.467. The molecule has 0 amide bonds. The van der Waals surface area contributed by atoms with Gasteiger partial charge in [-0.1, -0.05) is 0 Å². The van der Waals surface area contributed by atoms with E-state index in [-0.39, 0.29) is 12.2 Å². The van der Waals surface area contributed by atoms with Crippen LogP contribution in [0.4, 0.5) is 0 Å². The maximum absolute atomic E-state index is 11.5. The summed E-state index contributed by atoms with van der Waals surface area (Å²) in [6.45, 7) is 2.02. The van der Waals surface area contributed by atoms with Crippen LogP contribution < -0.4 is 9.47 Å². The van der Waals surface area contributed by atoms with Gasteiger partial charge in [0, 0.05) is 11.8 Å². The van der Waals surface area contributed by atoms with Gasteiger partial charge in [0.15, 0.2) is 0 Å². The van der Waals surface area contributed by atoms with E-state index in [4.69, 9.17) is 15.0 Å². The van der Waals surface area contributed by atoms with E-state index >= 15 is 0 Å². The molecule has 0 saturated carbocycles. The van der Waals surface area contributed by atoms with Gasteiger partial charge in [-0.25, -0.2) is 0 Å². The molecule has 22 heavy (non-hydrogen) atoms. The summed E-state index contributed by atoms with van der Waals surface area (Å²) < 4.78 is 10.7. The summed E-state index contributed by atoms with van der Waals surface area (Å²) in [5.74, 6) is 1.33. The van der Waals surface area contributed by atoms with Crippen molar-refractivity contribution in [3.63, 3.8) is 0 Å². The molecule has 0 bridgehead atoms. The van der Waals surface area contributed by atoms with Crippen LogP contribution >= 0.6 is 0 Å². The van der Waals surface area contributed by atoms with Gasteiger partial charge in [0.25, 0.3) is 0 Å². The zero-order chi connectivity index (χ0) is 16.1. The van der Waals surface area contributed by atoms with Crippen molar-refractivity contribution in [2.24, 2.45) is 0 Å². The number of hydrogen-bond acceptors (Lipinski definition) is 3. The summed E-state index contributed by atoms with van der Waals surface area (Å²) in [6.07, 6.45) is 1.76. The molecule has 114 valence electrons. The molecule has 0 radical (unpaired) electrons. The predicted octanol–water partition coefficient (Wildman–Crippen LogP) is 2.97. The van der Waals surface area contributed by atoms with Crippen molar-refractivity contribution >= 4 is 22.8 Å². The molecule has 0 unspecified atom stereocenters. The van der Waals surface area contributed by atoms with Crippen LogP contribution in [-0.2, 0) is 11.2 Å². The second-order valence-corrected chi connectivity index (χ2v) is 4.99. The van der Waals surface area contributed by atoms with Crippen molar-refractivity contribution in [3.8, 4) is 11.5 Å². The van der Waals surface area contributed by atoms with Crippen molar-refractivity contribution < 1.29 is 19.1 Å². The highest BCUT2D eigenvalue weighted by molar-refractivity contribution is 6.25. The molecule has 2 aromatic rings. The third kappa shape index (κ3) is 3.15. The van der Waals surface area contributed by atoms with E-state index in [0.717, 1.165) is 39.6 Å². The third-order valence-corrected chi connectivity index (χ3v) is 3.75. The minimum atomic E-state index is -0.216. The molecule has 0 aliphatic carbocycles. The number of hydrogen-bond donors (Lipinski definition) is 0. The molecule has 5 nitrogen and oxygen atoms in total. The lowest BCUT2D eigenvalue weighted by atomic mass is 9.95. The van der Waals surface area contributed by atoms with Crippen LogP contribution in [0.15, 0.2) is 24.3 Å². The Balaban J connectivity index is 2.48. The van der Waals surface area contributed by atoms with Crippen LogP contribution in [0.2, 0.25) is 0 Å². The van der Waals surface area contributed by atoms with Gasteiger partial charge in [-0.3, -0.25) is 4.79 Å². The molecular weight excluding hydrogens is 280 g/mol. The molecule has 0 heterocycles. The first-order chi connectivity index (χ1) is 10.6. The lowest BCUT2D eigenvalue weighted by Gasteiger charge is -2.14. The van der Waals surface area contributed by atoms with Crippen molar-refractivity contribution in [2.45, 2.75) is 19.8 Å². The van der Waals surface area contributed by atoms with Gasteiger partial charge in [-0.05, 0) is 54.1 Å². The van der Waals surface area contributed by atoms with Crippen LogP contribution in [0.3, 0.4) is 0 Å². The van der Waals surface area contributed by atoms with Gasteiger partial charge in [0.2, 0.25) is 5.78 Å². The summed E-state index contributed by atoms with van der Waals surface area (Å²) in [5, 5.41) is 2.05. The molecule has 0 aromatic heterocycles. The molecule has 0 aliphatic heterocycles. The Morgan fingerprint density at radius 2 is 2.00 bits per heavy atom. The third-order valence-electron chi connectivity index (χ3n) is 3.75. The first kappa shape index (κ1) is 15.7. The molecule has 0 spiro atoms. The second kappa shape index (κ2) is 6.87. The Kier molecular flexibility index (Phi) is 4.92. The lowest BCUT2D eigenvalue weighted by molar-refractivity contribution is -0.116. The van der Waals surface area contributed by atoms with Gasteiger partial charge in [-0.15, -0.1) is 0 Å². The number of carbonyl (C=O) groups excluding carboxylic acids is 1. The van der Waals surface area contributed by atoms with Gasteiger partial charge >= 0.3 is 6.21 Å². The Hall–Kier alpha value is -2.65. The number of benzene rings is 2. The maximum atomic E-state index is 11.5. The highest BCUT2D eigenvalue weighted by Crippen LogP contribution is 2.34. The van der Waals surface area contributed by atoms with E-state index in [1.165, 1.54) is 0 Å². The first-order valence-corrected chi connectivity index (χ1v) is 6.95. The summed E-state index contributed by atoms with van der Waals surface area (Å²) >= 11 is 0. The van der Waals surface area contributed by atoms with E-state index < -0.39 is 0 Å². The number of fused-ring (bicyclic) bond motifs is 1. The Bertz CT molecular complexity index is 762. The summed E-state index contributed by atoms with van der Waals surface area (Å²) in [5.41, 5.74) is 10.5. The van der Waals surface area contributed by atoms with E-state index in [1.807, 2.05) is 31.2 Å². The standard InChI is InChI=1S/C17H18N2O3/c1-11-12(4-5-13(20)10-19-18)8-17(22-3)15-7-6-14(21-2)9-16(11)15/h6-10H,4-5H2,1-3H3. The summed E-state index contributed by atoms with van der Waals surface area (Å²) in [7, 11) is 3.26. The van der Waals surface area contributed by atoms with Crippen molar-refractivity contribution in [1.29, 1.82) is 0 Å². The van der Waals surface area contributed by atoms with Gasteiger partial charge < -0.3 is 15.0 Å². The monoisotopic (exact) mass is 298 g/mol. The lowest BCUT2D eigenvalue weighted by Crippen LogP contribution is -2.03. The summed E-state index contributed by atoms with van der Waals surface area (Å²) in [4.78, 5) is 14.2. The fraction of sp³-hybridized carbons (Fsp3) is 0.294. The molecule has 2 aromatic carbocycles. The van der Waals surface area contributed by atoms with Crippen LogP contribution in [0.5, 0.6) is 11.5 Å². The zero-order valence-corrected chi connectivity index (χ0v) is 12.9. The fourth-order valence-electron chi connectivity index (χ4n) is 2.51. The zero-order valence-electron chi connectivity index (χ0n) is 12.9. The van der Waals surface area contributed by atoms with Crippen LogP contribution in [0.1, 0.15) is 17.5 Å². The molecule has 5 heteroatoms. The Labute approximate surface area is 129 Å². The average Bonchev–Trinajstić information content (AvgIpc) is 2.54. The molecule has 0 saturated heterocycles. The fourth-order valence-corrected chi connectivity index (χ4v) is 2.51. The van der Waals surface area contributed by atoms with Crippen LogP contribution in [-0.4, -0.2) is 31.0 Å². The molecular formula is C17H18N2O3. The number of aryl methyl sites for hydroxylation is 2. The van der Waals surface area contributed by atoms with Crippen LogP contribution in [0, 0.1) is 6.92 Å². The van der Waals surface area contributed by atoms with Gasteiger partial charge in [-0.2, -0.15) is 4.79 Å². The normalized spacial score (nSPS) is 10.1. The number of rotatable bonds is 6. The van der Waals surface area contributed by atoms with Gasteiger partial charge in [0.1, 0.15) is 11.5 Å².